The molecule has 19 heavy (non-hydrogen) atoms. The Morgan fingerprint density at radius 1 is 1.21 bits per heavy atom. The molecule has 94 valence electrons. The first-order valence-corrected chi connectivity index (χ1v) is 6.69. The summed E-state index contributed by atoms with van der Waals surface area (Å²) in [5, 5.41) is 9.28. The lowest BCUT2D eigenvalue weighted by Gasteiger charge is -2.02. The Balaban J connectivity index is 2.36. The van der Waals surface area contributed by atoms with Gasteiger partial charge in [-0.25, -0.2) is 0 Å². The summed E-state index contributed by atoms with van der Waals surface area (Å²) in [6.07, 6.45) is 1.88. The minimum absolute atomic E-state index is 0.511. The zero-order valence-corrected chi connectivity index (χ0v) is 11.9. The third kappa shape index (κ3) is 3.54. The van der Waals surface area contributed by atoms with Gasteiger partial charge >= 0.3 is 0 Å². The van der Waals surface area contributed by atoms with Crippen molar-refractivity contribution in [1.82, 2.24) is 0 Å². The number of rotatable bonds is 3. The lowest BCUT2D eigenvalue weighted by molar-refractivity contribution is 1.07. The summed E-state index contributed by atoms with van der Waals surface area (Å²) in [4.78, 5) is 0. The molecule has 0 aliphatic rings. The number of benzene rings is 2. The van der Waals surface area contributed by atoms with E-state index in [0.29, 0.717) is 12.1 Å². The van der Waals surface area contributed by atoms with E-state index >= 15 is 0 Å². The van der Waals surface area contributed by atoms with E-state index in [9.17, 15) is 5.26 Å². The third-order valence-corrected chi connectivity index (χ3v) is 3.27. The second kappa shape index (κ2) is 6.33. The molecular weight excluding hydrogens is 300 g/mol. The van der Waals surface area contributed by atoms with Crippen LogP contribution in [-0.4, -0.2) is 0 Å². The summed E-state index contributed by atoms with van der Waals surface area (Å²) in [5.41, 5.74) is 9.16. The van der Waals surface area contributed by atoms with Crippen LogP contribution >= 0.6 is 15.9 Å². The molecule has 2 aromatic carbocycles. The van der Waals surface area contributed by atoms with Crippen molar-refractivity contribution >= 4 is 27.6 Å². The molecule has 0 saturated carbocycles. The highest BCUT2D eigenvalue weighted by atomic mass is 79.9. The summed E-state index contributed by atoms with van der Waals surface area (Å²) < 4.78 is 0.997. The Kier molecular flexibility index (Phi) is 4.51. The molecule has 0 aromatic heterocycles. The van der Waals surface area contributed by atoms with Crippen LogP contribution in [0.15, 0.2) is 53.0 Å². The van der Waals surface area contributed by atoms with Gasteiger partial charge in [-0.3, -0.25) is 0 Å². The molecule has 0 heterocycles. The van der Waals surface area contributed by atoms with E-state index in [2.05, 4.69) is 22.0 Å². The van der Waals surface area contributed by atoms with E-state index in [-0.39, 0.29) is 0 Å². The van der Waals surface area contributed by atoms with Crippen LogP contribution in [0.2, 0.25) is 0 Å². The van der Waals surface area contributed by atoms with Gasteiger partial charge in [-0.15, -0.1) is 0 Å². The summed E-state index contributed by atoms with van der Waals surface area (Å²) in [5.74, 6) is 0. The highest BCUT2D eigenvalue weighted by Gasteiger charge is 2.01. The summed E-state index contributed by atoms with van der Waals surface area (Å²) in [6, 6.07) is 17.8. The van der Waals surface area contributed by atoms with Gasteiger partial charge in [0.25, 0.3) is 0 Å². The summed E-state index contributed by atoms with van der Waals surface area (Å²) in [7, 11) is 0. The minimum atomic E-state index is 0.511. The van der Waals surface area contributed by atoms with Crippen LogP contribution in [0.1, 0.15) is 16.7 Å². The van der Waals surface area contributed by atoms with Crippen LogP contribution in [-0.2, 0) is 6.54 Å². The normalized spacial score (nSPS) is 11.1. The van der Waals surface area contributed by atoms with Crippen molar-refractivity contribution in [1.29, 1.82) is 5.26 Å². The van der Waals surface area contributed by atoms with Crippen molar-refractivity contribution in [3.8, 4) is 6.07 Å². The molecule has 0 bridgehead atoms. The zero-order valence-electron chi connectivity index (χ0n) is 10.3. The molecule has 0 radical (unpaired) electrons. The van der Waals surface area contributed by atoms with Crippen molar-refractivity contribution in [2.45, 2.75) is 6.54 Å². The van der Waals surface area contributed by atoms with Crippen molar-refractivity contribution in [2.24, 2.45) is 5.73 Å². The number of allylic oxidation sites excluding steroid dienone is 1. The number of nitrogens with zero attached hydrogens (tertiary/aromatic N) is 1. The fourth-order valence-electron chi connectivity index (χ4n) is 1.76. The first kappa shape index (κ1) is 13.5. The molecule has 2 N–H and O–H groups in total. The standard InChI is InChI=1S/C16H13BrN2/c17-16-3-1-2-13(9-16)8-15(11-19)14-6-4-12(10-18)5-7-14/h1-9H,10,18H2/b15-8+. The first-order chi connectivity index (χ1) is 9.22. The van der Waals surface area contributed by atoms with Gasteiger partial charge in [-0.1, -0.05) is 52.3 Å². The minimum Gasteiger partial charge on any atom is -0.326 e. The first-order valence-electron chi connectivity index (χ1n) is 5.89. The third-order valence-electron chi connectivity index (χ3n) is 2.78. The Morgan fingerprint density at radius 2 is 1.95 bits per heavy atom. The van der Waals surface area contributed by atoms with E-state index in [4.69, 9.17) is 5.73 Å². The van der Waals surface area contributed by atoms with E-state index < -0.39 is 0 Å². The van der Waals surface area contributed by atoms with Gasteiger partial charge in [0.2, 0.25) is 0 Å². The molecule has 0 spiro atoms. The SMILES string of the molecule is N#C/C(=C\c1cccc(Br)c1)c1ccc(CN)cc1. The van der Waals surface area contributed by atoms with Gasteiger partial charge in [-0.2, -0.15) is 5.26 Å². The molecule has 3 heteroatoms. The van der Waals surface area contributed by atoms with Gasteiger partial charge < -0.3 is 5.73 Å². The number of nitriles is 1. The molecule has 0 atom stereocenters. The Hall–Kier alpha value is -1.89. The fourth-order valence-corrected chi connectivity index (χ4v) is 2.18. The number of nitrogens with two attached hydrogens (primary N) is 1. The average molecular weight is 313 g/mol. The molecule has 0 fully saturated rings. The lowest BCUT2D eigenvalue weighted by Crippen LogP contribution is -1.95. The molecule has 0 aliphatic heterocycles. The smallest absolute Gasteiger partial charge is 0.0998 e. The van der Waals surface area contributed by atoms with E-state index in [1.807, 2.05) is 54.6 Å². The number of hydrogen-bond acceptors (Lipinski definition) is 2. The zero-order chi connectivity index (χ0) is 13.7. The summed E-state index contributed by atoms with van der Waals surface area (Å²) >= 11 is 3.42. The maximum atomic E-state index is 9.28. The molecular formula is C16H13BrN2. The van der Waals surface area contributed by atoms with Gasteiger partial charge in [0.15, 0.2) is 0 Å². The van der Waals surface area contributed by atoms with Crippen LogP contribution in [0.3, 0.4) is 0 Å². The average Bonchev–Trinajstić information content (AvgIpc) is 2.45. The molecule has 2 aromatic rings. The monoisotopic (exact) mass is 312 g/mol. The van der Waals surface area contributed by atoms with Crippen molar-refractivity contribution in [2.75, 3.05) is 0 Å². The fraction of sp³-hybridized carbons (Fsp3) is 0.0625. The Bertz CT molecular complexity index is 637. The number of halogens is 1. The van der Waals surface area contributed by atoms with Crippen LogP contribution < -0.4 is 5.73 Å². The van der Waals surface area contributed by atoms with Crippen molar-refractivity contribution < 1.29 is 0 Å². The largest absolute Gasteiger partial charge is 0.326 e. The molecule has 0 unspecified atom stereocenters. The van der Waals surface area contributed by atoms with Gasteiger partial charge in [0, 0.05) is 11.0 Å². The second-order valence-corrected chi connectivity index (χ2v) is 5.04. The second-order valence-electron chi connectivity index (χ2n) is 4.13. The maximum absolute atomic E-state index is 9.28. The maximum Gasteiger partial charge on any atom is 0.0998 e. The van der Waals surface area contributed by atoms with Gasteiger partial charge in [0.05, 0.1) is 11.6 Å². The molecule has 0 amide bonds. The molecule has 0 saturated heterocycles. The molecule has 2 nitrogen and oxygen atoms in total. The Labute approximate surface area is 121 Å². The Morgan fingerprint density at radius 3 is 2.53 bits per heavy atom. The molecule has 0 aliphatic carbocycles. The van der Waals surface area contributed by atoms with E-state index in [1.165, 1.54) is 0 Å². The predicted molar refractivity (Wildman–Crippen MR) is 82.0 cm³/mol. The predicted octanol–water partition coefficient (Wildman–Crippen LogP) is 3.97. The van der Waals surface area contributed by atoms with Crippen LogP contribution in [0, 0.1) is 11.3 Å². The van der Waals surface area contributed by atoms with E-state index in [1.54, 1.807) is 0 Å². The quantitative estimate of drug-likeness (QED) is 0.688. The van der Waals surface area contributed by atoms with Crippen LogP contribution in [0.25, 0.3) is 11.6 Å². The molecule has 2 rings (SSSR count). The topological polar surface area (TPSA) is 49.8 Å². The van der Waals surface area contributed by atoms with Crippen LogP contribution in [0.5, 0.6) is 0 Å². The summed E-state index contributed by atoms with van der Waals surface area (Å²) in [6.45, 7) is 0.511. The number of hydrogen-bond donors (Lipinski definition) is 1. The van der Waals surface area contributed by atoms with Gasteiger partial charge in [0.1, 0.15) is 0 Å². The highest BCUT2D eigenvalue weighted by molar-refractivity contribution is 9.10. The van der Waals surface area contributed by atoms with Crippen LogP contribution in [0.4, 0.5) is 0 Å². The highest BCUT2D eigenvalue weighted by Crippen LogP contribution is 2.20. The van der Waals surface area contributed by atoms with Crippen molar-refractivity contribution in [3.05, 3.63) is 69.7 Å². The van der Waals surface area contributed by atoms with Gasteiger partial charge in [-0.05, 0) is 34.9 Å². The van der Waals surface area contributed by atoms with E-state index in [0.717, 1.165) is 21.2 Å². The lowest BCUT2D eigenvalue weighted by atomic mass is 10.0. The van der Waals surface area contributed by atoms with Crippen molar-refractivity contribution in [3.63, 3.8) is 0 Å².